The second kappa shape index (κ2) is 11.5. The molecule has 1 aromatic carbocycles. The molecule has 1 atom stereocenters. The number of amides is 1. The number of hydrogen-bond donors (Lipinski definition) is 2. The smallest absolute Gasteiger partial charge is 0.243 e. The van der Waals surface area contributed by atoms with E-state index in [9.17, 15) is 4.79 Å². The fourth-order valence-corrected chi connectivity index (χ4v) is 3.08. The van der Waals surface area contributed by atoms with Crippen LogP contribution in [0.2, 0.25) is 5.02 Å². The fraction of sp³-hybridized carbons (Fsp3) is 0.556. The number of nitrogens with one attached hydrogen (secondary N) is 2. The van der Waals surface area contributed by atoms with Gasteiger partial charge in [0.2, 0.25) is 5.91 Å². The molecule has 26 heavy (non-hydrogen) atoms. The number of halogens is 2. The van der Waals surface area contributed by atoms with Gasteiger partial charge >= 0.3 is 0 Å². The molecule has 0 bridgehead atoms. The highest BCUT2D eigenvalue weighted by atomic mass is 127. The van der Waals surface area contributed by atoms with E-state index in [0.29, 0.717) is 5.96 Å². The number of piperidine rings is 1. The normalized spacial score (nSPS) is 17.3. The summed E-state index contributed by atoms with van der Waals surface area (Å²) in [4.78, 5) is 20.0. The number of nitrogens with zero attached hydrogens (tertiary/aromatic N) is 3. The number of likely N-dealkylation sites (N-methyl/N-ethyl adjacent to an activating group) is 1. The number of hydrogen-bond acceptors (Lipinski definition) is 3. The molecule has 146 valence electrons. The number of carbonyl (C=O) groups excluding carboxylic acids is 1. The molecule has 0 aliphatic carbocycles. The van der Waals surface area contributed by atoms with Crippen LogP contribution in [0.15, 0.2) is 29.3 Å². The van der Waals surface area contributed by atoms with Crippen LogP contribution >= 0.6 is 35.6 Å². The van der Waals surface area contributed by atoms with Crippen molar-refractivity contribution in [2.75, 3.05) is 45.2 Å². The third kappa shape index (κ3) is 6.83. The Kier molecular flexibility index (Phi) is 10.1. The molecule has 0 saturated carbocycles. The number of anilines is 1. The Morgan fingerprint density at radius 1 is 1.38 bits per heavy atom. The first-order chi connectivity index (χ1) is 12.0. The van der Waals surface area contributed by atoms with E-state index in [0.717, 1.165) is 43.2 Å². The summed E-state index contributed by atoms with van der Waals surface area (Å²) in [6, 6.07) is 8.20. The van der Waals surface area contributed by atoms with Gasteiger partial charge in [0, 0.05) is 39.8 Å². The van der Waals surface area contributed by atoms with Gasteiger partial charge in [0.1, 0.15) is 6.54 Å². The zero-order chi connectivity index (χ0) is 18.2. The van der Waals surface area contributed by atoms with E-state index in [1.54, 1.807) is 19.0 Å². The lowest BCUT2D eigenvalue weighted by Gasteiger charge is -2.35. The first kappa shape index (κ1) is 22.8. The van der Waals surface area contributed by atoms with Crippen LogP contribution in [0.1, 0.15) is 19.8 Å². The number of aliphatic imine (C=N–C) groups is 1. The van der Waals surface area contributed by atoms with E-state index in [1.165, 1.54) is 0 Å². The number of para-hydroxylation sites is 1. The Morgan fingerprint density at radius 3 is 2.77 bits per heavy atom. The van der Waals surface area contributed by atoms with E-state index in [-0.39, 0.29) is 42.5 Å². The number of rotatable bonds is 5. The van der Waals surface area contributed by atoms with Crippen molar-refractivity contribution < 1.29 is 4.79 Å². The minimum atomic E-state index is -0.0152. The number of benzene rings is 1. The molecular weight excluding hydrogens is 465 g/mol. The highest BCUT2D eigenvalue weighted by Crippen LogP contribution is 2.27. The Balaban J connectivity index is 0.00000338. The van der Waals surface area contributed by atoms with Crippen LogP contribution in [0.4, 0.5) is 5.69 Å². The van der Waals surface area contributed by atoms with Crippen molar-refractivity contribution in [1.82, 2.24) is 15.5 Å². The third-order valence-electron chi connectivity index (χ3n) is 4.17. The maximum absolute atomic E-state index is 11.8. The highest BCUT2D eigenvalue weighted by Gasteiger charge is 2.22. The largest absolute Gasteiger partial charge is 0.368 e. The molecule has 2 N–H and O–H groups in total. The number of carbonyl (C=O) groups is 1. The quantitative estimate of drug-likeness (QED) is 0.376. The molecule has 8 heteroatoms. The molecule has 1 aliphatic rings. The van der Waals surface area contributed by atoms with Gasteiger partial charge in [0.05, 0.1) is 10.7 Å². The zero-order valence-corrected chi connectivity index (χ0v) is 18.8. The van der Waals surface area contributed by atoms with Gasteiger partial charge in [-0.05, 0) is 31.9 Å². The van der Waals surface area contributed by atoms with Crippen molar-refractivity contribution in [1.29, 1.82) is 0 Å². The molecule has 0 radical (unpaired) electrons. The summed E-state index contributed by atoms with van der Waals surface area (Å²) in [6.45, 7) is 4.76. The lowest BCUT2D eigenvalue weighted by molar-refractivity contribution is -0.127. The average Bonchev–Trinajstić information content (AvgIpc) is 2.60. The maximum Gasteiger partial charge on any atom is 0.243 e. The summed E-state index contributed by atoms with van der Waals surface area (Å²) in [5, 5.41) is 7.45. The van der Waals surface area contributed by atoms with Gasteiger partial charge in [0.15, 0.2) is 5.96 Å². The lowest BCUT2D eigenvalue weighted by Crippen LogP contribution is -2.51. The summed E-state index contributed by atoms with van der Waals surface area (Å²) in [7, 11) is 3.47. The highest BCUT2D eigenvalue weighted by molar-refractivity contribution is 14.0. The third-order valence-corrected chi connectivity index (χ3v) is 4.49. The molecule has 1 unspecified atom stereocenters. The van der Waals surface area contributed by atoms with Crippen molar-refractivity contribution in [2.45, 2.75) is 25.8 Å². The molecule has 1 fully saturated rings. The van der Waals surface area contributed by atoms with Crippen LogP contribution in [0.25, 0.3) is 0 Å². The van der Waals surface area contributed by atoms with Gasteiger partial charge in [-0.2, -0.15) is 0 Å². The monoisotopic (exact) mass is 493 g/mol. The van der Waals surface area contributed by atoms with Crippen LogP contribution < -0.4 is 15.5 Å². The van der Waals surface area contributed by atoms with Crippen molar-refractivity contribution in [2.24, 2.45) is 4.99 Å². The molecule has 1 heterocycles. The first-order valence-corrected chi connectivity index (χ1v) is 9.13. The lowest BCUT2D eigenvalue weighted by atomic mass is 10.0. The SMILES string of the molecule is CCNC(=NCC(=O)N(C)C)NC1CCCN(c2ccccc2Cl)C1.I. The van der Waals surface area contributed by atoms with Crippen molar-refractivity contribution in [3.8, 4) is 0 Å². The predicted octanol–water partition coefficient (Wildman–Crippen LogP) is 2.57. The Hall–Kier alpha value is -1.22. The molecule has 1 amide bonds. The second-order valence-corrected chi connectivity index (χ2v) is 6.77. The van der Waals surface area contributed by atoms with Crippen LogP contribution in [0, 0.1) is 0 Å². The topological polar surface area (TPSA) is 60.0 Å². The van der Waals surface area contributed by atoms with Gasteiger partial charge in [-0.25, -0.2) is 4.99 Å². The zero-order valence-electron chi connectivity index (χ0n) is 15.7. The molecule has 6 nitrogen and oxygen atoms in total. The Labute approximate surface area is 178 Å². The molecule has 2 rings (SSSR count). The van der Waals surface area contributed by atoms with Crippen LogP contribution in [-0.2, 0) is 4.79 Å². The molecule has 0 aromatic heterocycles. The van der Waals surface area contributed by atoms with Gasteiger partial charge in [-0.3, -0.25) is 4.79 Å². The number of guanidine groups is 1. The van der Waals surface area contributed by atoms with Crippen LogP contribution in [-0.4, -0.2) is 63.1 Å². The van der Waals surface area contributed by atoms with Gasteiger partial charge in [-0.15, -0.1) is 24.0 Å². The minimum Gasteiger partial charge on any atom is -0.368 e. The van der Waals surface area contributed by atoms with Gasteiger partial charge in [-0.1, -0.05) is 23.7 Å². The van der Waals surface area contributed by atoms with Gasteiger partial charge < -0.3 is 20.4 Å². The maximum atomic E-state index is 11.8. The summed E-state index contributed by atoms with van der Waals surface area (Å²) in [5.41, 5.74) is 1.07. The second-order valence-electron chi connectivity index (χ2n) is 6.36. The fourth-order valence-electron chi connectivity index (χ4n) is 2.82. The van der Waals surface area contributed by atoms with E-state index in [2.05, 4.69) is 26.6 Å². The van der Waals surface area contributed by atoms with Crippen LogP contribution in [0.5, 0.6) is 0 Å². The van der Waals surface area contributed by atoms with Gasteiger partial charge in [0.25, 0.3) is 0 Å². The molecule has 1 saturated heterocycles. The van der Waals surface area contributed by atoms with E-state index in [1.807, 2.05) is 25.1 Å². The summed E-state index contributed by atoms with van der Waals surface area (Å²) in [5.74, 6) is 0.669. The van der Waals surface area contributed by atoms with E-state index >= 15 is 0 Å². The Morgan fingerprint density at radius 2 is 2.12 bits per heavy atom. The average molecular weight is 494 g/mol. The first-order valence-electron chi connectivity index (χ1n) is 8.75. The van der Waals surface area contributed by atoms with Crippen molar-refractivity contribution >= 4 is 53.1 Å². The molecule has 1 aromatic rings. The molecule has 1 aliphatic heterocycles. The van der Waals surface area contributed by atoms with Crippen molar-refractivity contribution in [3.63, 3.8) is 0 Å². The predicted molar refractivity (Wildman–Crippen MR) is 120 cm³/mol. The van der Waals surface area contributed by atoms with E-state index in [4.69, 9.17) is 11.6 Å². The van der Waals surface area contributed by atoms with Crippen LogP contribution in [0.3, 0.4) is 0 Å². The minimum absolute atomic E-state index is 0. The Bertz CT molecular complexity index is 611. The molecular formula is C18H29ClIN5O. The van der Waals surface area contributed by atoms with Crippen molar-refractivity contribution in [3.05, 3.63) is 29.3 Å². The standard InChI is InChI=1S/C18H28ClN5O.HI/c1-4-20-18(21-12-17(25)23(2)3)22-14-8-7-11-24(13-14)16-10-6-5-9-15(16)19;/h5-6,9-10,14H,4,7-8,11-13H2,1-3H3,(H2,20,21,22);1H. The van der Waals surface area contributed by atoms with E-state index < -0.39 is 0 Å². The summed E-state index contributed by atoms with van der Waals surface area (Å²) < 4.78 is 0. The molecule has 0 spiro atoms. The summed E-state index contributed by atoms with van der Waals surface area (Å²) in [6.07, 6.45) is 2.14. The summed E-state index contributed by atoms with van der Waals surface area (Å²) >= 11 is 6.33.